The Kier molecular flexibility index (Phi) is 6.77. The van der Waals surface area contributed by atoms with E-state index >= 15 is 0 Å². The Morgan fingerprint density at radius 1 is 1.44 bits per heavy atom. The summed E-state index contributed by atoms with van der Waals surface area (Å²) in [4.78, 5) is 27.8. The van der Waals surface area contributed by atoms with Gasteiger partial charge in [0.25, 0.3) is 0 Å². The predicted octanol–water partition coefficient (Wildman–Crippen LogP) is 2.09. The van der Waals surface area contributed by atoms with E-state index in [1.807, 2.05) is 0 Å². The summed E-state index contributed by atoms with van der Waals surface area (Å²) in [7, 11) is 1.74. The van der Waals surface area contributed by atoms with Gasteiger partial charge < -0.3 is 14.6 Å². The Morgan fingerprint density at radius 3 is 2.88 bits per heavy atom. The Morgan fingerprint density at radius 2 is 2.20 bits per heavy atom. The number of anilines is 1. The van der Waals surface area contributed by atoms with E-state index < -0.39 is 5.25 Å². The van der Waals surface area contributed by atoms with Gasteiger partial charge in [-0.15, -0.1) is 10.2 Å². The van der Waals surface area contributed by atoms with Crippen LogP contribution in [0.2, 0.25) is 5.15 Å². The third-order valence-corrected chi connectivity index (χ3v) is 4.64. The fourth-order valence-corrected chi connectivity index (χ4v) is 2.87. The molecule has 0 aliphatic rings. The van der Waals surface area contributed by atoms with Crippen molar-refractivity contribution in [2.45, 2.75) is 30.7 Å². The van der Waals surface area contributed by atoms with Gasteiger partial charge in [-0.05, 0) is 26.0 Å². The van der Waals surface area contributed by atoms with Gasteiger partial charge in [0, 0.05) is 13.2 Å². The Bertz CT molecular complexity index is 767. The van der Waals surface area contributed by atoms with E-state index in [4.69, 9.17) is 16.3 Å². The maximum absolute atomic E-state index is 12.3. The fraction of sp³-hybridized carbons (Fsp3) is 0.400. The third kappa shape index (κ3) is 5.17. The number of hydrogen-bond acceptors (Lipinski definition) is 7. The summed E-state index contributed by atoms with van der Waals surface area (Å²) in [5.41, 5.74) is 0.447. The summed E-state index contributed by atoms with van der Waals surface area (Å²) < 4.78 is 6.57. The van der Waals surface area contributed by atoms with E-state index in [1.165, 1.54) is 11.8 Å². The molecule has 0 saturated heterocycles. The molecule has 1 amide bonds. The fourth-order valence-electron chi connectivity index (χ4n) is 1.87. The topological polar surface area (TPSA) is 99.0 Å². The number of rotatable bonds is 7. The lowest BCUT2D eigenvalue weighted by molar-refractivity contribution is -0.142. The second-order valence-electron chi connectivity index (χ2n) is 5.03. The van der Waals surface area contributed by atoms with Gasteiger partial charge in [0.1, 0.15) is 12.2 Å². The van der Waals surface area contributed by atoms with Crippen molar-refractivity contribution in [3.8, 4) is 0 Å². The second-order valence-corrected chi connectivity index (χ2v) is 6.70. The molecule has 2 aromatic heterocycles. The Hall–Kier alpha value is -2.13. The van der Waals surface area contributed by atoms with E-state index in [2.05, 4.69) is 20.5 Å². The largest absolute Gasteiger partial charge is 0.466 e. The predicted molar refractivity (Wildman–Crippen MR) is 94.5 cm³/mol. The van der Waals surface area contributed by atoms with Gasteiger partial charge >= 0.3 is 5.97 Å². The molecular weight excluding hydrogens is 366 g/mol. The molecular formula is C15H18ClN5O3S. The van der Waals surface area contributed by atoms with Crippen LogP contribution in [0.3, 0.4) is 0 Å². The average Bonchev–Trinajstić information content (AvgIpc) is 2.90. The summed E-state index contributed by atoms with van der Waals surface area (Å²) in [6, 6.07) is 3.36. The standard InChI is InChI=1S/C15H18ClN5O3S/c1-4-24-12(22)8-11-19-20-15(21(11)3)25-9(2)14(23)18-10-6-5-7-17-13(10)16/h5-7,9H,4,8H2,1-3H3,(H,18,23)/t9-/m1/s1. The molecule has 0 radical (unpaired) electrons. The van der Waals surface area contributed by atoms with E-state index in [9.17, 15) is 9.59 Å². The molecule has 0 aliphatic heterocycles. The van der Waals surface area contributed by atoms with E-state index in [0.717, 1.165) is 0 Å². The number of nitrogens with zero attached hydrogens (tertiary/aromatic N) is 4. The zero-order valence-electron chi connectivity index (χ0n) is 14.0. The molecule has 0 saturated carbocycles. The molecule has 0 unspecified atom stereocenters. The first-order valence-electron chi connectivity index (χ1n) is 7.54. The van der Waals surface area contributed by atoms with Gasteiger partial charge in [-0.1, -0.05) is 23.4 Å². The summed E-state index contributed by atoms with van der Waals surface area (Å²) in [5, 5.41) is 11.0. The lowest BCUT2D eigenvalue weighted by Gasteiger charge is -2.12. The number of nitrogens with one attached hydrogen (secondary N) is 1. The molecule has 2 aromatic rings. The maximum Gasteiger partial charge on any atom is 0.313 e. The van der Waals surface area contributed by atoms with Crippen molar-refractivity contribution in [1.29, 1.82) is 0 Å². The van der Waals surface area contributed by atoms with Crippen LogP contribution < -0.4 is 5.32 Å². The molecule has 0 aromatic carbocycles. The van der Waals surface area contributed by atoms with Gasteiger partial charge in [-0.3, -0.25) is 9.59 Å². The lowest BCUT2D eigenvalue weighted by atomic mass is 10.4. The average molecular weight is 384 g/mol. The smallest absolute Gasteiger partial charge is 0.313 e. The van der Waals surface area contributed by atoms with Gasteiger partial charge in [0.05, 0.1) is 17.5 Å². The van der Waals surface area contributed by atoms with Crippen molar-refractivity contribution in [1.82, 2.24) is 19.7 Å². The minimum absolute atomic E-state index is 0.0315. The monoisotopic (exact) mass is 383 g/mol. The van der Waals surface area contributed by atoms with Crippen molar-refractivity contribution in [3.63, 3.8) is 0 Å². The number of carbonyl (C=O) groups excluding carboxylic acids is 2. The Balaban J connectivity index is 1.99. The maximum atomic E-state index is 12.3. The highest BCUT2D eigenvalue weighted by Crippen LogP contribution is 2.24. The van der Waals surface area contributed by atoms with E-state index in [0.29, 0.717) is 23.3 Å². The molecule has 2 heterocycles. The van der Waals surface area contributed by atoms with Crippen LogP contribution in [0.5, 0.6) is 0 Å². The Labute approximate surface area is 154 Å². The van der Waals surface area contributed by atoms with Crippen LogP contribution >= 0.6 is 23.4 Å². The van der Waals surface area contributed by atoms with E-state index in [1.54, 1.807) is 43.8 Å². The number of hydrogen-bond donors (Lipinski definition) is 1. The van der Waals surface area contributed by atoms with Crippen LogP contribution in [0.15, 0.2) is 23.5 Å². The summed E-state index contributed by atoms with van der Waals surface area (Å²) in [6.45, 7) is 3.79. The molecule has 25 heavy (non-hydrogen) atoms. The lowest BCUT2D eigenvalue weighted by Crippen LogP contribution is -2.23. The van der Waals surface area contributed by atoms with Gasteiger partial charge in [-0.2, -0.15) is 0 Å². The molecule has 1 N–H and O–H groups in total. The highest BCUT2D eigenvalue weighted by molar-refractivity contribution is 8.00. The first-order valence-corrected chi connectivity index (χ1v) is 8.80. The summed E-state index contributed by atoms with van der Waals surface area (Å²) in [5.74, 6) is -0.134. The quantitative estimate of drug-likeness (QED) is 0.444. The highest BCUT2D eigenvalue weighted by Gasteiger charge is 2.20. The number of amides is 1. The van der Waals surface area contributed by atoms with Crippen LogP contribution in [-0.4, -0.2) is 43.5 Å². The number of halogens is 1. The molecule has 134 valence electrons. The van der Waals surface area contributed by atoms with Crippen molar-refractivity contribution < 1.29 is 14.3 Å². The summed E-state index contributed by atoms with van der Waals surface area (Å²) >= 11 is 7.16. The molecule has 1 atom stereocenters. The normalized spacial score (nSPS) is 11.8. The molecule has 0 fully saturated rings. The number of thioether (sulfide) groups is 1. The molecule has 8 nitrogen and oxygen atoms in total. The van der Waals surface area contributed by atoms with Crippen LogP contribution in [0.1, 0.15) is 19.7 Å². The van der Waals surface area contributed by atoms with Crippen LogP contribution in [-0.2, 0) is 27.8 Å². The minimum Gasteiger partial charge on any atom is -0.466 e. The van der Waals surface area contributed by atoms with Crippen LogP contribution in [0, 0.1) is 0 Å². The number of aromatic nitrogens is 4. The second kappa shape index (κ2) is 8.82. The van der Waals surface area contributed by atoms with Crippen LogP contribution in [0.4, 0.5) is 5.69 Å². The third-order valence-electron chi connectivity index (χ3n) is 3.20. The first kappa shape index (κ1) is 19.2. The number of ether oxygens (including phenoxy) is 1. The summed E-state index contributed by atoms with van der Waals surface area (Å²) in [6.07, 6.45) is 1.57. The van der Waals surface area contributed by atoms with Crippen molar-refractivity contribution in [2.75, 3.05) is 11.9 Å². The first-order chi connectivity index (χ1) is 11.9. The zero-order chi connectivity index (χ0) is 18.4. The van der Waals surface area contributed by atoms with Crippen molar-refractivity contribution in [3.05, 3.63) is 29.3 Å². The molecule has 0 aliphatic carbocycles. The van der Waals surface area contributed by atoms with E-state index in [-0.39, 0.29) is 23.5 Å². The minimum atomic E-state index is -0.449. The number of carbonyl (C=O) groups is 2. The number of esters is 1. The SMILES string of the molecule is CCOC(=O)Cc1nnc(S[C@H](C)C(=O)Nc2cccnc2Cl)n1C. The molecule has 0 spiro atoms. The van der Waals surface area contributed by atoms with Gasteiger partial charge in [-0.25, -0.2) is 4.98 Å². The highest BCUT2D eigenvalue weighted by atomic mass is 35.5. The van der Waals surface area contributed by atoms with Gasteiger partial charge in [0.2, 0.25) is 5.91 Å². The molecule has 2 rings (SSSR count). The number of pyridine rings is 1. The molecule has 0 bridgehead atoms. The van der Waals surface area contributed by atoms with Crippen molar-refractivity contribution in [2.24, 2.45) is 7.05 Å². The van der Waals surface area contributed by atoms with Gasteiger partial charge in [0.15, 0.2) is 10.3 Å². The van der Waals surface area contributed by atoms with Crippen molar-refractivity contribution >= 4 is 40.9 Å². The zero-order valence-corrected chi connectivity index (χ0v) is 15.6. The molecule has 10 heteroatoms. The van der Waals surface area contributed by atoms with Crippen LogP contribution in [0.25, 0.3) is 0 Å².